The molecule has 5 rings (SSSR count). The number of benzene rings is 4. The molecule has 1 aromatic heterocycles. The zero-order chi connectivity index (χ0) is 21.9. The number of carbonyl (C=O) groups excluding carboxylic acids is 1. The molecule has 0 saturated carbocycles. The SMILES string of the molecule is COc1cc2c(cc1NC(=O)c1ccccc1SCc1ccccc1)oc1ccccc12. The van der Waals surface area contributed by atoms with Crippen LogP contribution in [-0.2, 0) is 5.75 Å². The standard InChI is InChI=1S/C27H21NO3S/c1-30-25-15-21-19-11-5-7-13-23(19)31-24(21)16-22(25)28-27(29)20-12-6-8-14-26(20)32-17-18-9-3-2-4-10-18/h2-16H,17H2,1H3,(H,28,29). The molecule has 0 aliphatic heterocycles. The average Bonchev–Trinajstić information content (AvgIpc) is 3.20. The second kappa shape index (κ2) is 8.81. The highest BCUT2D eigenvalue weighted by molar-refractivity contribution is 7.98. The molecule has 0 unspecified atom stereocenters. The predicted octanol–water partition coefficient (Wildman–Crippen LogP) is 7.14. The maximum absolute atomic E-state index is 13.2. The van der Waals surface area contributed by atoms with Gasteiger partial charge >= 0.3 is 0 Å². The van der Waals surface area contributed by atoms with Crippen molar-refractivity contribution >= 4 is 45.3 Å². The third-order valence-corrected chi connectivity index (χ3v) is 6.46. The number of carbonyl (C=O) groups is 1. The van der Waals surface area contributed by atoms with Crippen LogP contribution in [-0.4, -0.2) is 13.0 Å². The lowest BCUT2D eigenvalue weighted by molar-refractivity contribution is 0.102. The number of thioether (sulfide) groups is 1. The summed E-state index contributed by atoms with van der Waals surface area (Å²) in [5, 5.41) is 4.98. The lowest BCUT2D eigenvalue weighted by Crippen LogP contribution is -2.13. The van der Waals surface area contributed by atoms with Crippen LogP contribution in [0.4, 0.5) is 5.69 Å². The quantitative estimate of drug-likeness (QED) is 0.286. The van der Waals surface area contributed by atoms with Crippen molar-refractivity contribution in [2.24, 2.45) is 0 Å². The third kappa shape index (κ3) is 3.95. The minimum Gasteiger partial charge on any atom is -0.495 e. The first kappa shape index (κ1) is 20.2. The summed E-state index contributed by atoms with van der Waals surface area (Å²) in [4.78, 5) is 14.1. The molecule has 0 bridgehead atoms. The fourth-order valence-corrected chi connectivity index (χ4v) is 4.73. The first-order valence-corrected chi connectivity index (χ1v) is 11.3. The highest BCUT2D eigenvalue weighted by Crippen LogP contribution is 2.37. The number of fused-ring (bicyclic) bond motifs is 3. The molecule has 0 radical (unpaired) electrons. The summed E-state index contributed by atoms with van der Waals surface area (Å²) in [6.45, 7) is 0. The Morgan fingerprint density at radius 1 is 0.875 bits per heavy atom. The largest absolute Gasteiger partial charge is 0.495 e. The molecule has 0 fully saturated rings. The van der Waals surface area contributed by atoms with E-state index in [1.165, 1.54) is 5.56 Å². The van der Waals surface area contributed by atoms with E-state index in [9.17, 15) is 4.79 Å². The van der Waals surface area contributed by atoms with E-state index in [0.29, 0.717) is 22.6 Å². The van der Waals surface area contributed by atoms with Crippen LogP contribution < -0.4 is 10.1 Å². The molecule has 0 saturated heterocycles. The van der Waals surface area contributed by atoms with E-state index >= 15 is 0 Å². The van der Waals surface area contributed by atoms with Crippen molar-refractivity contribution in [3.8, 4) is 5.75 Å². The van der Waals surface area contributed by atoms with Crippen LogP contribution in [0, 0.1) is 0 Å². The van der Waals surface area contributed by atoms with Crippen LogP contribution in [0.1, 0.15) is 15.9 Å². The summed E-state index contributed by atoms with van der Waals surface area (Å²) >= 11 is 1.64. The van der Waals surface area contributed by atoms with Crippen LogP contribution in [0.2, 0.25) is 0 Å². The van der Waals surface area contributed by atoms with Crippen LogP contribution >= 0.6 is 11.8 Å². The molecule has 4 aromatic carbocycles. The van der Waals surface area contributed by atoms with Gasteiger partial charge in [0.15, 0.2) is 0 Å². The molecule has 158 valence electrons. The number of hydrogen-bond acceptors (Lipinski definition) is 4. The number of furan rings is 1. The van der Waals surface area contributed by atoms with Gasteiger partial charge in [-0.05, 0) is 29.8 Å². The average molecular weight is 440 g/mol. The molecule has 5 aromatic rings. The monoisotopic (exact) mass is 439 g/mol. The lowest BCUT2D eigenvalue weighted by atomic mass is 10.1. The van der Waals surface area contributed by atoms with E-state index in [2.05, 4.69) is 17.4 Å². The van der Waals surface area contributed by atoms with Crippen molar-refractivity contribution in [2.45, 2.75) is 10.6 Å². The van der Waals surface area contributed by atoms with Gasteiger partial charge in [-0.1, -0.05) is 60.7 Å². The van der Waals surface area contributed by atoms with Crippen molar-refractivity contribution in [3.05, 3.63) is 102 Å². The van der Waals surface area contributed by atoms with Crippen molar-refractivity contribution in [2.75, 3.05) is 12.4 Å². The van der Waals surface area contributed by atoms with Gasteiger partial charge in [-0.3, -0.25) is 4.79 Å². The number of anilines is 1. The number of methoxy groups -OCH3 is 1. The zero-order valence-corrected chi connectivity index (χ0v) is 18.3. The molecule has 0 aliphatic carbocycles. The normalized spacial score (nSPS) is 11.0. The maximum atomic E-state index is 13.2. The zero-order valence-electron chi connectivity index (χ0n) is 17.5. The molecule has 5 heteroatoms. The Balaban J connectivity index is 1.44. The Morgan fingerprint density at radius 3 is 2.47 bits per heavy atom. The molecule has 32 heavy (non-hydrogen) atoms. The molecular weight excluding hydrogens is 418 g/mol. The molecule has 1 heterocycles. The first-order chi connectivity index (χ1) is 15.7. The fourth-order valence-electron chi connectivity index (χ4n) is 3.72. The Hall–Kier alpha value is -3.70. The Bertz CT molecular complexity index is 1410. The van der Waals surface area contributed by atoms with Crippen molar-refractivity contribution in [1.82, 2.24) is 0 Å². The Kier molecular flexibility index (Phi) is 5.57. The van der Waals surface area contributed by atoms with Gasteiger partial charge in [-0.25, -0.2) is 0 Å². The van der Waals surface area contributed by atoms with Gasteiger partial charge in [0.25, 0.3) is 5.91 Å². The molecule has 0 aliphatic rings. The van der Waals surface area contributed by atoms with Crippen molar-refractivity contribution in [1.29, 1.82) is 0 Å². The number of para-hydroxylation sites is 1. The Labute approximate surface area is 190 Å². The van der Waals surface area contributed by atoms with E-state index in [1.807, 2.05) is 78.9 Å². The summed E-state index contributed by atoms with van der Waals surface area (Å²) in [6.07, 6.45) is 0. The van der Waals surface area contributed by atoms with Gasteiger partial charge in [0, 0.05) is 27.5 Å². The summed E-state index contributed by atoms with van der Waals surface area (Å²) in [6, 6.07) is 29.5. The molecule has 1 amide bonds. The second-order valence-corrected chi connectivity index (χ2v) is 8.39. The van der Waals surface area contributed by atoms with E-state index in [4.69, 9.17) is 9.15 Å². The minimum absolute atomic E-state index is 0.185. The number of amides is 1. The van der Waals surface area contributed by atoms with Gasteiger partial charge in [0.2, 0.25) is 0 Å². The second-order valence-electron chi connectivity index (χ2n) is 7.37. The predicted molar refractivity (Wildman–Crippen MR) is 131 cm³/mol. The van der Waals surface area contributed by atoms with Crippen LogP contribution in [0.5, 0.6) is 5.75 Å². The van der Waals surface area contributed by atoms with Gasteiger partial charge in [-0.2, -0.15) is 0 Å². The molecular formula is C27H21NO3S. The summed E-state index contributed by atoms with van der Waals surface area (Å²) < 4.78 is 11.6. The molecule has 0 atom stereocenters. The fraction of sp³-hybridized carbons (Fsp3) is 0.0741. The van der Waals surface area contributed by atoms with E-state index in [1.54, 1.807) is 18.9 Å². The van der Waals surface area contributed by atoms with E-state index in [0.717, 1.165) is 27.0 Å². The number of ether oxygens (including phenoxy) is 1. The highest BCUT2D eigenvalue weighted by atomic mass is 32.2. The van der Waals surface area contributed by atoms with Crippen LogP contribution in [0.25, 0.3) is 21.9 Å². The smallest absolute Gasteiger partial charge is 0.256 e. The summed E-state index contributed by atoms with van der Waals surface area (Å²) in [7, 11) is 1.60. The van der Waals surface area contributed by atoms with Crippen LogP contribution in [0.15, 0.2) is 100 Å². The van der Waals surface area contributed by atoms with Crippen molar-refractivity contribution in [3.63, 3.8) is 0 Å². The number of rotatable bonds is 6. The number of hydrogen-bond donors (Lipinski definition) is 1. The first-order valence-electron chi connectivity index (χ1n) is 10.3. The topological polar surface area (TPSA) is 51.5 Å². The molecule has 4 nitrogen and oxygen atoms in total. The summed E-state index contributed by atoms with van der Waals surface area (Å²) in [5.41, 5.74) is 3.92. The van der Waals surface area contributed by atoms with E-state index < -0.39 is 0 Å². The maximum Gasteiger partial charge on any atom is 0.256 e. The number of nitrogens with one attached hydrogen (secondary N) is 1. The Morgan fingerprint density at radius 2 is 1.62 bits per heavy atom. The third-order valence-electron chi connectivity index (χ3n) is 5.32. The summed E-state index contributed by atoms with van der Waals surface area (Å²) in [5.74, 6) is 1.20. The highest BCUT2D eigenvalue weighted by Gasteiger charge is 2.17. The molecule has 0 spiro atoms. The van der Waals surface area contributed by atoms with Gasteiger partial charge in [0.05, 0.1) is 18.4 Å². The van der Waals surface area contributed by atoms with E-state index in [-0.39, 0.29) is 5.91 Å². The lowest BCUT2D eigenvalue weighted by Gasteiger charge is -2.13. The van der Waals surface area contributed by atoms with Crippen LogP contribution in [0.3, 0.4) is 0 Å². The minimum atomic E-state index is -0.185. The van der Waals surface area contributed by atoms with Gasteiger partial charge in [-0.15, -0.1) is 11.8 Å². The molecule has 1 N–H and O–H groups in total. The van der Waals surface area contributed by atoms with Gasteiger partial charge < -0.3 is 14.5 Å². The van der Waals surface area contributed by atoms with Gasteiger partial charge in [0.1, 0.15) is 16.9 Å². The van der Waals surface area contributed by atoms with Crippen molar-refractivity contribution < 1.29 is 13.9 Å².